The first-order valence-corrected chi connectivity index (χ1v) is 11.5. The predicted molar refractivity (Wildman–Crippen MR) is 122 cm³/mol. The maximum Gasteiger partial charge on any atom is 0.238 e. The van der Waals surface area contributed by atoms with Crippen molar-refractivity contribution < 1.29 is 17.9 Å². The van der Waals surface area contributed by atoms with Crippen molar-refractivity contribution in [2.24, 2.45) is 5.14 Å². The van der Waals surface area contributed by atoms with E-state index < -0.39 is 10.0 Å². The topological polar surface area (TPSA) is 94.8 Å². The Kier molecular flexibility index (Phi) is 5.84. The van der Waals surface area contributed by atoms with Gasteiger partial charge in [0.25, 0.3) is 0 Å². The Hall–Kier alpha value is -3.10. The smallest absolute Gasteiger partial charge is 0.238 e. The van der Waals surface area contributed by atoms with Crippen molar-refractivity contribution in [2.45, 2.75) is 24.3 Å². The van der Waals surface area contributed by atoms with E-state index in [0.717, 1.165) is 47.1 Å². The monoisotopic (exact) mass is 439 g/mol. The lowest BCUT2D eigenvalue weighted by Crippen LogP contribution is -2.25. The van der Waals surface area contributed by atoms with Gasteiger partial charge >= 0.3 is 0 Å². The summed E-state index contributed by atoms with van der Waals surface area (Å²) in [4.78, 5) is 7.05. The summed E-state index contributed by atoms with van der Waals surface area (Å²) in [7, 11) is -0.484. The number of pyridine rings is 1. The van der Waals surface area contributed by atoms with Crippen LogP contribution in [0.3, 0.4) is 0 Å². The summed E-state index contributed by atoms with van der Waals surface area (Å²) >= 11 is 0. The van der Waals surface area contributed by atoms with Gasteiger partial charge in [0, 0.05) is 36.3 Å². The third-order valence-corrected chi connectivity index (χ3v) is 6.34. The highest BCUT2D eigenvalue weighted by Gasteiger charge is 2.19. The zero-order chi connectivity index (χ0) is 22.0. The number of allylic oxidation sites excluding steroid dienone is 1. The van der Waals surface area contributed by atoms with Gasteiger partial charge in [0.2, 0.25) is 10.0 Å². The number of nitrogens with two attached hydrogens (primary N) is 1. The second-order valence-corrected chi connectivity index (χ2v) is 9.00. The van der Waals surface area contributed by atoms with Crippen LogP contribution in [-0.4, -0.2) is 34.2 Å². The summed E-state index contributed by atoms with van der Waals surface area (Å²) in [6, 6.07) is 10.6. The molecule has 162 valence electrons. The summed E-state index contributed by atoms with van der Waals surface area (Å²) in [6.45, 7) is 1.47. The molecule has 0 bridgehead atoms. The SMILES string of the molecule is COc1cc2ncc3c(c2cc1OC)N(Cc1ccc(S(N)(=O)=O)cc1)CCCC=C3. The number of anilines is 1. The Balaban J connectivity index is 1.82. The van der Waals surface area contributed by atoms with Gasteiger partial charge in [-0.2, -0.15) is 0 Å². The molecule has 31 heavy (non-hydrogen) atoms. The van der Waals surface area contributed by atoms with E-state index in [1.807, 2.05) is 18.3 Å². The number of methoxy groups -OCH3 is 2. The molecule has 4 rings (SSSR count). The van der Waals surface area contributed by atoms with Gasteiger partial charge in [0.1, 0.15) is 0 Å². The van der Waals surface area contributed by atoms with Gasteiger partial charge in [0.05, 0.1) is 30.3 Å². The maximum absolute atomic E-state index is 11.6. The molecule has 3 aromatic rings. The van der Waals surface area contributed by atoms with E-state index in [1.54, 1.807) is 38.5 Å². The van der Waals surface area contributed by atoms with E-state index in [4.69, 9.17) is 14.6 Å². The van der Waals surface area contributed by atoms with E-state index in [-0.39, 0.29) is 4.90 Å². The minimum atomic E-state index is -3.71. The number of fused-ring (bicyclic) bond motifs is 3. The van der Waals surface area contributed by atoms with Gasteiger partial charge in [-0.05, 0) is 36.6 Å². The molecule has 2 heterocycles. The third kappa shape index (κ3) is 4.35. The van der Waals surface area contributed by atoms with Gasteiger partial charge in [-0.1, -0.05) is 24.3 Å². The first-order chi connectivity index (χ1) is 14.9. The molecule has 0 saturated carbocycles. The van der Waals surface area contributed by atoms with Crippen molar-refractivity contribution in [3.05, 3.63) is 59.8 Å². The van der Waals surface area contributed by atoms with Crippen LogP contribution in [0.25, 0.3) is 17.0 Å². The van der Waals surface area contributed by atoms with Crippen LogP contribution in [0.2, 0.25) is 0 Å². The number of primary sulfonamides is 1. The zero-order valence-electron chi connectivity index (χ0n) is 17.5. The molecule has 0 aliphatic carbocycles. The van der Waals surface area contributed by atoms with Crippen LogP contribution < -0.4 is 19.5 Å². The number of aromatic nitrogens is 1. The Morgan fingerprint density at radius 3 is 2.48 bits per heavy atom. The molecule has 0 fully saturated rings. The van der Waals surface area contributed by atoms with Crippen LogP contribution in [0.1, 0.15) is 24.0 Å². The Morgan fingerprint density at radius 1 is 1.10 bits per heavy atom. The van der Waals surface area contributed by atoms with Crippen LogP contribution in [0, 0.1) is 0 Å². The van der Waals surface area contributed by atoms with Crippen molar-refractivity contribution in [3.8, 4) is 11.5 Å². The predicted octanol–water partition coefficient (Wildman–Crippen LogP) is 3.71. The quantitative estimate of drug-likeness (QED) is 0.651. The molecule has 2 aromatic carbocycles. The molecule has 8 heteroatoms. The molecule has 0 unspecified atom stereocenters. The molecule has 7 nitrogen and oxygen atoms in total. The first kappa shape index (κ1) is 21.1. The van der Waals surface area contributed by atoms with Crippen molar-refractivity contribution in [1.29, 1.82) is 0 Å². The average Bonchev–Trinajstić information content (AvgIpc) is 2.74. The van der Waals surface area contributed by atoms with Crippen LogP contribution in [-0.2, 0) is 16.6 Å². The van der Waals surface area contributed by atoms with Gasteiger partial charge in [-0.3, -0.25) is 4.98 Å². The average molecular weight is 440 g/mol. The molecular formula is C23H25N3O4S. The Bertz CT molecular complexity index is 1240. The summed E-state index contributed by atoms with van der Waals surface area (Å²) in [5.41, 5.74) is 3.91. The standard InChI is InChI=1S/C23H25N3O4S/c1-29-21-12-19-20(13-22(21)30-2)25-14-17-6-4-3-5-11-26(23(17)19)15-16-7-9-18(10-8-16)31(24,27)28/h4,6-10,12-14H,3,5,11,15H2,1-2H3,(H2,24,27,28). The summed E-state index contributed by atoms with van der Waals surface area (Å²) in [5, 5.41) is 6.21. The zero-order valence-corrected chi connectivity index (χ0v) is 18.4. The lowest BCUT2D eigenvalue weighted by atomic mass is 10.0. The number of ether oxygens (including phenoxy) is 2. The number of sulfonamides is 1. The van der Waals surface area contributed by atoms with Crippen molar-refractivity contribution in [1.82, 2.24) is 4.98 Å². The van der Waals surface area contributed by atoms with Gasteiger partial charge in [-0.15, -0.1) is 0 Å². The number of hydrogen-bond donors (Lipinski definition) is 1. The lowest BCUT2D eigenvalue weighted by molar-refractivity contribution is 0.356. The summed E-state index contributed by atoms with van der Waals surface area (Å²) in [5.74, 6) is 1.28. The van der Waals surface area contributed by atoms with E-state index in [9.17, 15) is 8.42 Å². The van der Waals surface area contributed by atoms with Crippen LogP contribution in [0.4, 0.5) is 5.69 Å². The van der Waals surface area contributed by atoms with Crippen LogP contribution >= 0.6 is 0 Å². The molecule has 0 radical (unpaired) electrons. The fourth-order valence-electron chi connectivity index (χ4n) is 3.88. The molecule has 0 atom stereocenters. The minimum Gasteiger partial charge on any atom is -0.493 e. The first-order valence-electron chi connectivity index (χ1n) is 9.98. The fourth-order valence-corrected chi connectivity index (χ4v) is 4.40. The van der Waals surface area contributed by atoms with Crippen LogP contribution in [0.15, 0.2) is 53.6 Å². The molecule has 0 saturated heterocycles. The van der Waals surface area contributed by atoms with Crippen LogP contribution in [0.5, 0.6) is 11.5 Å². The number of nitrogens with zero attached hydrogens (tertiary/aromatic N) is 2. The molecule has 1 aromatic heterocycles. The van der Waals surface area contributed by atoms with E-state index >= 15 is 0 Å². The summed E-state index contributed by atoms with van der Waals surface area (Å²) in [6.07, 6.45) is 8.13. The van der Waals surface area contributed by atoms with Crippen molar-refractivity contribution in [2.75, 3.05) is 25.7 Å². The van der Waals surface area contributed by atoms with E-state index in [1.165, 1.54) is 0 Å². The van der Waals surface area contributed by atoms with Crippen molar-refractivity contribution >= 4 is 32.7 Å². The maximum atomic E-state index is 11.6. The highest BCUT2D eigenvalue weighted by molar-refractivity contribution is 7.89. The molecular weight excluding hydrogens is 414 g/mol. The largest absolute Gasteiger partial charge is 0.493 e. The van der Waals surface area contributed by atoms with Gasteiger partial charge in [-0.25, -0.2) is 13.6 Å². The Morgan fingerprint density at radius 2 is 1.81 bits per heavy atom. The lowest BCUT2D eigenvalue weighted by Gasteiger charge is -2.29. The van der Waals surface area contributed by atoms with E-state index in [2.05, 4.69) is 22.0 Å². The molecule has 0 amide bonds. The summed E-state index contributed by atoms with van der Waals surface area (Å²) < 4.78 is 34.1. The molecule has 1 aliphatic heterocycles. The van der Waals surface area contributed by atoms with Gasteiger partial charge < -0.3 is 14.4 Å². The molecule has 2 N–H and O–H groups in total. The number of rotatable bonds is 5. The molecule has 0 spiro atoms. The number of benzene rings is 2. The van der Waals surface area contributed by atoms with Crippen molar-refractivity contribution in [3.63, 3.8) is 0 Å². The fraction of sp³-hybridized carbons (Fsp3) is 0.261. The normalized spacial score (nSPS) is 14.1. The highest BCUT2D eigenvalue weighted by Crippen LogP contribution is 2.39. The second-order valence-electron chi connectivity index (χ2n) is 7.44. The number of hydrogen-bond acceptors (Lipinski definition) is 6. The van der Waals surface area contributed by atoms with Gasteiger partial charge in [0.15, 0.2) is 11.5 Å². The Labute approximate surface area is 182 Å². The second kappa shape index (κ2) is 8.56. The highest BCUT2D eigenvalue weighted by atomic mass is 32.2. The van der Waals surface area contributed by atoms with E-state index in [0.29, 0.717) is 18.0 Å². The molecule has 1 aliphatic rings. The third-order valence-electron chi connectivity index (χ3n) is 5.41. The minimum absolute atomic E-state index is 0.110.